The molecule has 2 rings (SSSR count). The van der Waals surface area contributed by atoms with Gasteiger partial charge in [-0.15, -0.1) is 0 Å². The standard InChI is InChI=1S/C16H17ClFNO/c1-10(2)20-15-6-4-3-5-13(15)16(19)12-8-7-11(17)9-14(12)18/h3-10,16H,19H2,1-2H3. The van der Waals surface area contributed by atoms with Crippen LogP contribution in [0.1, 0.15) is 31.0 Å². The molecule has 2 aromatic rings. The molecule has 106 valence electrons. The third kappa shape index (κ3) is 3.30. The molecule has 0 aromatic heterocycles. The van der Waals surface area contributed by atoms with Gasteiger partial charge in [0, 0.05) is 16.1 Å². The predicted molar refractivity (Wildman–Crippen MR) is 79.6 cm³/mol. The molecule has 0 spiro atoms. The van der Waals surface area contributed by atoms with Crippen LogP contribution in [0.25, 0.3) is 0 Å². The smallest absolute Gasteiger partial charge is 0.129 e. The zero-order chi connectivity index (χ0) is 14.7. The monoisotopic (exact) mass is 293 g/mol. The van der Waals surface area contributed by atoms with Crippen LogP contribution < -0.4 is 10.5 Å². The van der Waals surface area contributed by atoms with Crippen LogP contribution in [-0.4, -0.2) is 6.10 Å². The first-order chi connectivity index (χ1) is 9.49. The van der Waals surface area contributed by atoms with Gasteiger partial charge < -0.3 is 10.5 Å². The molecule has 0 amide bonds. The molecule has 2 aromatic carbocycles. The second-order valence-corrected chi connectivity index (χ2v) is 5.28. The van der Waals surface area contributed by atoms with Crippen LogP contribution in [-0.2, 0) is 0 Å². The Bertz CT molecular complexity index is 601. The Labute approximate surface area is 123 Å². The summed E-state index contributed by atoms with van der Waals surface area (Å²) in [6.07, 6.45) is 0.0263. The third-order valence-corrected chi connectivity index (χ3v) is 3.15. The topological polar surface area (TPSA) is 35.2 Å². The van der Waals surface area contributed by atoms with Gasteiger partial charge in [0.1, 0.15) is 11.6 Å². The Balaban J connectivity index is 2.40. The van der Waals surface area contributed by atoms with Crippen LogP contribution in [0.5, 0.6) is 5.75 Å². The molecule has 0 aliphatic rings. The summed E-state index contributed by atoms with van der Waals surface area (Å²) >= 11 is 5.76. The van der Waals surface area contributed by atoms with Crippen LogP contribution in [0.15, 0.2) is 42.5 Å². The van der Waals surface area contributed by atoms with Crippen molar-refractivity contribution in [1.82, 2.24) is 0 Å². The highest BCUT2D eigenvalue weighted by Crippen LogP contribution is 2.31. The number of nitrogens with two attached hydrogens (primary N) is 1. The van der Waals surface area contributed by atoms with Crippen molar-refractivity contribution >= 4 is 11.6 Å². The Hall–Kier alpha value is -1.58. The van der Waals surface area contributed by atoms with E-state index in [0.29, 0.717) is 16.3 Å². The van der Waals surface area contributed by atoms with Crippen molar-refractivity contribution in [2.24, 2.45) is 5.73 Å². The van der Waals surface area contributed by atoms with Crippen LogP contribution in [0, 0.1) is 5.82 Å². The molecular weight excluding hydrogens is 277 g/mol. The number of hydrogen-bond donors (Lipinski definition) is 1. The van der Waals surface area contributed by atoms with E-state index in [1.54, 1.807) is 12.1 Å². The molecule has 0 aliphatic heterocycles. The second kappa shape index (κ2) is 6.25. The zero-order valence-electron chi connectivity index (χ0n) is 11.4. The summed E-state index contributed by atoms with van der Waals surface area (Å²) in [4.78, 5) is 0. The lowest BCUT2D eigenvalue weighted by Crippen LogP contribution is -2.16. The van der Waals surface area contributed by atoms with Gasteiger partial charge in [-0.05, 0) is 32.0 Å². The highest BCUT2D eigenvalue weighted by molar-refractivity contribution is 6.30. The molecule has 0 heterocycles. The first-order valence-corrected chi connectivity index (χ1v) is 6.83. The minimum Gasteiger partial charge on any atom is -0.491 e. The predicted octanol–water partition coefficient (Wildman–Crippen LogP) is 4.31. The van der Waals surface area contributed by atoms with Crippen molar-refractivity contribution in [2.45, 2.75) is 26.0 Å². The second-order valence-electron chi connectivity index (χ2n) is 4.85. The maximum absolute atomic E-state index is 14.0. The molecule has 0 aliphatic carbocycles. The summed E-state index contributed by atoms with van der Waals surface area (Å²) in [5.74, 6) is 0.258. The number of hydrogen-bond acceptors (Lipinski definition) is 2. The Morgan fingerprint density at radius 1 is 1.10 bits per heavy atom. The van der Waals surface area contributed by atoms with E-state index in [9.17, 15) is 4.39 Å². The molecule has 4 heteroatoms. The van der Waals surface area contributed by atoms with E-state index in [1.807, 2.05) is 38.1 Å². The van der Waals surface area contributed by atoms with Crippen molar-refractivity contribution in [2.75, 3.05) is 0 Å². The fraction of sp³-hybridized carbons (Fsp3) is 0.250. The van der Waals surface area contributed by atoms with E-state index in [1.165, 1.54) is 6.07 Å². The number of rotatable bonds is 4. The largest absolute Gasteiger partial charge is 0.491 e. The molecule has 0 saturated carbocycles. The first-order valence-electron chi connectivity index (χ1n) is 6.45. The Morgan fingerprint density at radius 2 is 1.80 bits per heavy atom. The maximum Gasteiger partial charge on any atom is 0.129 e. The summed E-state index contributed by atoms with van der Waals surface area (Å²) < 4.78 is 19.7. The van der Waals surface area contributed by atoms with Crippen LogP contribution in [0.4, 0.5) is 4.39 Å². The zero-order valence-corrected chi connectivity index (χ0v) is 12.2. The summed E-state index contributed by atoms with van der Waals surface area (Å²) in [6, 6.07) is 11.3. The molecule has 0 fully saturated rings. The fourth-order valence-electron chi connectivity index (χ4n) is 2.02. The Morgan fingerprint density at radius 3 is 2.45 bits per heavy atom. The van der Waals surface area contributed by atoms with Crippen molar-refractivity contribution in [3.05, 3.63) is 64.4 Å². The van der Waals surface area contributed by atoms with Gasteiger partial charge in [-0.25, -0.2) is 4.39 Å². The van der Waals surface area contributed by atoms with Gasteiger partial charge in [0.25, 0.3) is 0 Å². The lowest BCUT2D eigenvalue weighted by molar-refractivity contribution is 0.239. The van der Waals surface area contributed by atoms with Crippen molar-refractivity contribution in [1.29, 1.82) is 0 Å². The van der Waals surface area contributed by atoms with Gasteiger partial charge in [-0.3, -0.25) is 0 Å². The van der Waals surface area contributed by atoms with E-state index in [2.05, 4.69) is 0 Å². The van der Waals surface area contributed by atoms with Crippen molar-refractivity contribution in [3.8, 4) is 5.75 Å². The normalized spacial score (nSPS) is 12.5. The van der Waals surface area contributed by atoms with Crippen molar-refractivity contribution < 1.29 is 9.13 Å². The van der Waals surface area contributed by atoms with Crippen LogP contribution >= 0.6 is 11.6 Å². The Kier molecular flexibility index (Phi) is 4.63. The average Bonchev–Trinajstić information content (AvgIpc) is 2.38. The van der Waals surface area contributed by atoms with Crippen molar-refractivity contribution in [3.63, 3.8) is 0 Å². The van der Waals surface area contributed by atoms with E-state index in [-0.39, 0.29) is 6.10 Å². The highest BCUT2D eigenvalue weighted by Gasteiger charge is 2.18. The molecule has 0 radical (unpaired) electrons. The number of ether oxygens (including phenoxy) is 1. The summed E-state index contributed by atoms with van der Waals surface area (Å²) in [5.41, 5.74) is 7.33. The molecule has 2 nitrogen and oxygen atoms in total. The summed E-state index contributed by atoms with van der Waals surface area (Å²) in [7, 11) is 0. The number of benzene rings is 2. The average molecular weight is 294 g/mol. The third-order valence-electron chi connectivity index (χ3n) is 2.91. The highest BCUT2D eigenvalue weighted by atomic mass is 35.5. The van der Waals surface area contributed by atoms with E-state index >= 15 is 0 Å². The molecular formula is C16H17ClFNO. The molecule has 20 heavy (non-hydrogen) atoms. The van der Waals surface area contributed by atoms with E-state index < -0.39 is 11.9 Å². The first kappa shape index (κ1) is 14.8. The van der Waals surface area contributed by atoms with Crippen LogP contribution in [0.3, 0.4) is 0 Å². The van der Waals surface area contributed by atoms with Crippen LogP contribution in [0.2, 0.25) is 5.02 Å². The molecule has 0 saturated heterocycles. The number of halogens is 2. The lowest BCUT2D eigenvalue weighted by atomic mass is 9.98. The summed E-state index contributed by atoms with van der Waals surface area (Å²) in [6.45, 7) is 3.87. The SMILES string of the molecule is CC(C)Oc1ccccc1C(N)c1ccc(Cl)cc1F. The molecule has 1 unspecified atom stereocenters. The van der Waals surface area contributed by atoms with Gasteiger partial charge in [0.05, 0.1) is 12.1 Å². The van der Waals surface area contributed by atoms with Gasteiger partial charge in [-0.1, -0.05) is 35.9 Å². The van der Waals surface area contributed by atoms with E-state index in [4.69, 9.17) is 22.1 Å². The minimum atomic E-state index is -0.595. The lowest BCUT2D eigenvalue weighted by Gasteiger charge is -2.19. The maximum atomic E-state index is 14.0. The molecule has 1 atom stereocenters. The number of para-hydroxylation sites is 1. The summed E-state index contributed by atoms with van der Waals surface area (Å²) in [5, 5.41) is 0.352. The van der Waals surface area contributed by atoms with Gasteiger partial charge in [-0.2, -0.15) is 0 Å². The van der Waals surface area contributed by atoms with Gasteiger partial charge in [0.2, 0.25) is 0 Å². The van der Waals surface area contributed by atoms with E-state index in [0.717, 1.165) is 5.56 Å². The molecule has 0 bridgehead atoms. The fourth-order valence-corrected chi connectivity index (χ4v) is 2.18. The van der Waals surface area contributed by atoms with Gasteiger partial charge in [0.15, 0.2) is 0 Å². The quantitative estimate of drug-likeness (QED) is 0.911. The minimum absolute atomic E-state index is 0.0263. The van der Waals surface area contributed by atoms with Gasteiger partial charge >= 0.3 is 0 Å². The molecule has 2 N–H and O–H groups in total.